The van der Waals surface area contributed by atoms with Crippen molar-refractivity contribution in [3.8, 4) is 0 Å². The highest BCUT2D eigenvalue weighted by molar-refractivity contribution is 5.84. The molecule has 7 heteroatoms. The molecule has 0 aromatic carbocycles. The first-order chi connectivity index (χ1) is 16.6. The van der Waals surface area contributed by atoms with Gasteiger partial charge in [0, 0.05) is 32.2 Å². The van der Waals surface area contributed by atoms with Gasteiger partial charge < -0.3 is 19.5 Å². The highest BCUT2D eigenvalue weighted by Gasteiger charge is 2.59. The van der Waals surface area contributed by atoms with Crippen molar-refractivity contribution in [1.29, 1.82) is 0 Å². The molecule has 1 aliphatic heterocycles. The van der Waals surface area contributed by atoms with Crippen LogP contribution in [0.2, 0.25) is 0 Å². The largest absolute Gasteiger partial charge is 0.444 e. The molecule has 0 bridgehead atoms. The van der Waals surface area contributed by atoms with Crippen molar-refractivity contribution < 1.29 is 23.8 Å². The normalized spacial score (nSPS) is 22.4. The van der Waals surface area contributed by atoms with E-state index in [4.69, 9.17) is 19.2 Å². The quantitative estimate of drug-likeness (QED) is 0.397. The molecule has 0 radical (unpaired) electrons. The van der Waals surface area contributed by atoms with Crippen LogP contribution in [0, 0.1) is 25.7 Å². The van der Waals surface area contributed by atoms with Crippen LogP contribution in [-0.2, 0) is 31.8 Å². The number of carbonyl (C=O) groups is 2. The average molecular weight is 503 g/mol. The lowest BCUT2D eigenvalue weighted by Gasteiger charge is -2.36. The summed E-state index contributed by atoms with van der Waals surface area (Å²) < 4.78 is 17.6. The van der Waals surface area contributed by atoms with Gasteiger partial charge in [0.1, 0.15) is 5.60 Å². The minimum absolute atomic E-state index is 0.187. The number of esters is 1. The molecular formula is C29H46N2O5. The lowest BCUT2D eigenvalue weighted by Crippen LogP contribution is -2.59. The molecule has 1 N–H and O–H groups in total. The lowest BCUT2D eigenvalue weighted by molar-refractivity contribution is -0.170. The second kappa shape index (κ2) is 10.7. The Hall–Kier alpha value is -2.15. The van der Waals surface area contributed by atoms with Crippen molar-refractivity contribution in [2.24, 2.45) is 11.8 Å². The van der Waals surface area contributed by atoms with E-state index in [0.717, 1.165) is 30.0 Å². The first-order valence-corrected chi connectivity index (χ1v) is 13.5. The maximum Gasteiger partial charge on any atom is 0.407 e. The molecule has 2 aliphatic rings. The summed E-state index contributed by atoms with van der Waals surface area (Å²) in [6, 6.07) is -0.651. The molecule has 0 unspecified atom stereocenters. The van der Waals surface area contributed by atoms with Crippen LogP contribution >= 0.6 is 0 Å². The summed E-state index contributed by atoms with van der Waals surface area (Å²) in [6.07, 6.45) is 8.18. The molecule has 0 spiro atoms. The van der Waals surface area contributed by atoms with Crippen LogP contribution in [0.5, 0.6) is 0 Å². The Morgan fingerprint density at radius 3 is 2.44 bits per heavy atom. The van der Waals surface area contributed by atoms with Crippen LogP contribution in [0.1, 0.15) is 103 Å². The fourth-order valence-corrected chi connectivity index (χ4v) is 5.15. The van der Waals surface area contributed by atoms with Crippen LogP contribution < -0.4 is 5.32 Å². The average Bonchev–Trinajstić information content (AvgIpc) is 3.49. The van der Waals surface area contributed by atoms with E-state index in [2.05, 4.69) is 33.0 Å². The topological polar surface area (TPSA) is 86.8 Å². The van der Waals surface area contributed by atoms with Gasteiger partial charge >= 0.3 is 12.1 Å². The fraction of sp³-hybridized carbons (Fsp3) is 0.759. The summed E-state index contributed by atoms with van der Waals surface area (Å²) in [4.78, 5) is 31.2. The fourth-order valence-electron chi connectivity index (χ4n) is 5.15. The van der Waals surface area contributed by atoms with Gasteiger partial charge in [0.25, 0.3) is 0 Å². The highest BCUT2D eigenvalue weighted by atomic mass is 16.8. The number of aromatic nitrogens is 1. The molecule has 1 saturated heterocycles. The summed E-state index contributed by atoms with van der Waals surface area (Å²) in [5.41, 5.74) is 2.27. The molecule has 2 atom stereocenters. The minimum atomic E-state index is -1.41. The van der Waals surface area contributed by atoms with Crippen molar-refractivity contribution in [3.05, 3.63) is 28.6 Å². The predicted octanol–water partition coefficient (Wildman–Crippen LogP) is 5.96. The summed E-state index contributed by atoms with van der Waals surface area (Å²) in [5.74, 6) is -0.513. The molecule has 1 aliphatic carbocycles. The molecule has 202 valence electrons. The molecule has 36 heavy (non-hydrogen) atoms. The van der Waals surface area contributed by atoms with Gasteiger partial charge in [0.05, 0.1) is 6.04 Å². The first kappa shape index (κ1) is 28.4. The van der Waals surface area contributed by atoms with Gasteiger partial charge in [-0.15, -0.1) is 0 Å². The number of nitrogens with zero attached hydrogens (tertiary/aromatic N) is 1. The maximum absolute atomic E-state index is 13.6. The van der Waals surface area contributed by atoms with Gasteiger partial charge in [0.2, 0.25) is 5.79 Å². The molecule has 1 saturated carbocycles. The standard InChI is InChI=1S/C29H46N2O5/c1-18(2)15-24(31-26(33)35-27(5,6)7)29(25(32)34-28(8,9)36-29)16-23-20(4)22(19(3)17-30-23)12-10-11-21-13-14-21/h17-18,21,24H,10-16H2,1-9H3,(H,31,33)/t24-,29+/m0/s1. The Balaban J connectivity index is 1.96. The SMILES string of the molecule is Cc1cnc(C[C@]2([C@H](CC(C)C)NC(=O)OC(C)(C)C)OC(C)(C)OC2=O)c(C)c1CCCC1CC1. The number of aryl methyl sites for hydroxylation is 1. The summed E-state index contributed by atoms with van der Waals surface area (Å²) >= 11 is 0. The smallest absolute Gasteiger partial charge is 0.407 e. The van der Waals surface area contributed by atoms with Crippen molar-refractivity contribution in [2.45, 2.75) is 130 Å². The van der Waals surface area contributed by atoms with E-state index < -0.39 is 35.1 Å². The van der Waals surface area contributed by atoms with E-state index in [9.17, 15) is 9.59 Å². The zero-order valence-electron chi connectivity index (χ0n) is 23.7. The van der Waals surface area contributed by atoms with Gasteiger partial charge in [-0.1, -0.05) is 33.1 Å². The second-order valence-electron chi connectivity index (χ2n) is 12.6. The van der Waals surface area contributed by atoms with Crippen LogP contribution in [0.4, 0.5) is 4.79 Å². The Kier molecular flexibility index (Phi) is 8.43. The van der Waals surface area contributed by atoms with Gasteiger partial charge in [0.15, 0.2) is 5.60 Å². The Bertz CT molecular complexity index is 961. The van der Waals surface area contributed by atoms with Crippen LogP contribution in [-0.4, -0.2) is 40.1 Å². The van der Waals surface area contributed by atoms with E-state index in [-0.39, 0.29) is 12.3 Å². The number of rotatable bonds is 10. The van der Waals surface area contributed by atoms with E-state index in [1.165, 1.54) is 30.4 Å². The monoisotopic (exact) mass is 502 g/mol. The molecule has 2 fully saturated rings. The highest BCUT2D eigenvalue weighted by Crippen LogP contribution is 2.40. The summed E-state index contributed by atoms with van der Waals surface area (Å²) in [5, 5.41) is 2.96. The number of hydrogen-bond acceptors (Lipinski definition) is 6. The van der Waals surface area contributed by atoms with Gasteiger partial charge in [-0.3, -0.25) is 4.98 Å². The number of cyclic esters (lactones) is 1. The second-order valence-corrected chi connectivity index (χ2v) is 12.6. The first-order valence-electron chi connectivity index (χ1n) is 13.5. The third-order valence-electron chi connectivity index (χ3n) is 7.01. The molecule has 2 heterocycles. The number of amides is 1. The Morgan fingerprint density at radius 2 is 1.92 bits per heavy atom. The van der Waals surface area contributed by atoms with Crippen molar-refractivity contribution >= 4 is 12.1 Å². The van der Waals surface area contributed by atoms with Gasteiger partial charge in [-0.2, -0.15) is 0 Å². The number of alkyl carbamates (subject to hydrolysis) is 1. The molecule has 3 rings (SSSR count). The summed E-state index contributed by atoms with van der Waals surface area (Å²) in [6.45, 7) is 17.2. The number of ether oxygens (including phenoxy) is 3. The van der Waals surface area contributed by atoms with Crippen molar-refractivity contribution in [3.63, 3.8) is 0 Å². The molecule has 1 aromatic heterocycles. The van der Waals surface area contributed by atoms with E-state index in [1.54, 1.807) is 13.8 Å². The van der Waals surface area contributed by atoms with E-state index in [0.29, 0.717) is 6.42 Å². The van der Waals surface area contributed by atoms with E-state index in [1.807, 2.05) is 27.0 Å². The van der Waals surface area contributed by atoms with Crippen LogP contribution in [0.25, 0.3) is 0 Å². The maximum atomic E-state index is 13.6. The van der Waals surface area contributed by atoms with Gasteiger partial charge in [-0.05, 0) is 82.4 Å². The van der Waals surface area contributed by atoms with Crippen molar-refractivity contribution in [1.82, 2.24) is 10.3 Å². The summed E-state index contributed by atoms with van der Waals surface area (Å²) in [7, 11) is 0. The third-order valence-corrected chi connectivity index (χ3v) is 7.01. The zero-order chi connectivity index (χ0) is 26.9. The molecule has 1 aromatic rings. The lowest BCUT2D eigenvalue weighted by atomic mass is 9.82. The number of pyridine rings is 1. The van der Waals surface area contributed by atoms with Crippen molar-refractivity contribution in [2.75, 3.05) is 0 Å². The van der Waals surface area contributed by atoms with E-state index >= 15 is 0 Å². The molecule has 7 nitrogen and oxygen atoms in total. The third kappa shape index (κ3) is 7.21. The van der Waals surface area contributed by atoms with Crippen LogP contribution in [0.15, 0.2) is 6.20 Å². The number of carbonyl (C=O) groups excluding carboxylic acids is 2. The Morgan fingerprint density at radius 1 is 1.25 bits per heavy atom. The van der Waals surface area contributed by atoms with Gasteiger partial charge in [-0.25, -0.2) is 9.59 Å². The molecule has 1 amide bonds. The molecular weight excluding hydrogens is 456 g/mol. The zero-order valence-corrected chi connectivity index (χ0v) is 23.7. The number of nitrogens with one attached hydrogen (secondary N) is 1. The Labute approximate surface area is 217 Å². The minimum Gasteiger partial charge on any atom is -0.444 e. The predicted molar refractivity (Wildman–Crippen MR) is 140 cm³/mol. The van der Waals surface area contributed by atoms with Crippen LogP contribution in [0.3, 0.4) is 0 Å². The number of hydrogen-bond donors (Lipinski definition) is 1.